The van der Waals surface area contributed by atoms with Crippen LogP contribution in [0.3, 0.4) is 0 Å². The molecule has 0 radical (unpaired) electrons. The fraction of sp³-hybridized carbons (Fsp3) is 0.367. The summed E-state index contributed by atoms with van der Waals surface area (Å²) in [6.45, 7) is 26.7. The zero-order chi connectivity index (χ0) is 48.8. The van der Waals surface area contributed by atoms with Crippen LogP contribution >= 0.6 is 0 Å². The molecule has 1 aliphatic heterocycles. The Balaban J connectivity index is 0.000000448. The van der Waals surface area contributed by atoms with Crippen molar-refractivity contribution in [3.63, 3.8) is 0 Å². The molecule has 0 saturated carbocycles. The Morgan fingerprint density at radius 1 is 0.463 bits per heavy atom. The van der Waals surface area contributed by atoms with Crippen LogP contribution in [0.5, 0.6) is 28.7 Å². The Morgan fingerprint density at radius 3 is 1.16 bits per heavy atom. The van der Waals surface area contributed by atoms with Crippen LogP contribution in [0.1, 0.15) is 163 Å². The molecule has 3 N–H and O–H groups in total. The molecule has 2 unspecified atom stereocenters. The average Bonchev–Trinajstić information content (AvgIpc) is 4.00. The van der Waals surface area contributed by atoms with Gasteiger partial charge in [0.25, 0.3) is 0 Å². The molecule has 1 fully saturated rings. The molecule has 0 aromatic heterocycles. The van der Waals surface area contributed by atoms with Gasteiger partial charge in [0.15, 0.2) is 0 Å². The molecule has 7 rings (SSSR count). The first-order valence-electron chi connectivity index (χ1n) is 23.9. The van der Waals surface area contributed by atoms with E-state index in [-0.39, 0.29) is 37.1 Å². The van der Waals surface area contributed by atoms with Gasteiger partial charge >= 0.3 is 325 Å². The third-order valence-corrected chi connectivity index (χ3v) is 18.3. The number of hydrogen-bond acceptors (Lipinski definition) is 6. The number of ether oxygens (including phenoxy) is 1. The number of aromatic hydroxyl groups is 3. The van der Waals surface area contributed by atoms with E-state index in [2.05, 4.69) is 168 Å². The van der Waals surface area contributed by atoms with Crippen molar-refractivity contribution in [1.29, 1.82) is 0 Å². The predicted octanol–water partition coefficient (Wildman–Crippen LogP) is 16.1. The average molecular weight is 946 g/mol. The topological polar surface area (TPSA) is 94.6 Å². The standard InChI is InChI=1S/2C17H26NO.C14H12.C12H10O2.Co/c2*1-7-16(3,4)13-9-12(11-18)15(19)14(10-13)17(5,6)8-2;1-3-7-13(8-4-1)11-12-14-9-5-2-6-10-14;13-10-6-8-12(9-7-10)14-11-4-2-1-3-5-11;/h2*9-11,19H,7-8H2,1-6H3;1-12H;1-9,13H;/q2*-1;;;+2. The Hall–Kier alpha value is -5.63. The third kappa shape index (κ3) is 11.4. The first kappa shape index (κ1) is 50.8. The monoisotopic (exact) mass is 945 g/mol. The van der Waals surface area contributed by atoms with Crippen molar-refractivity contribution in [2.24, 2.45) is 8.08 Å². The molecule has 1 aliphatic rings. The first-order valence-corrected chi connectivity index (χ1v) is 26.0. The van der Waals surface area contributed by atoms with Crippen molar-refractivity contribution in [2.45, 2.75) is 140 Å². The van der Waals surface area contributed by atoms with E-state index in [1.807, 2.05) is 42.8 Å². The molecule has 0 bridgehead atoms. The summed E-state index contributed by atoms with van der Waals surface area (Å²) < 4.78 is 16.7. The SMILES string of the molecule is CCC(C)(C)c1cc(C=[N][Co]2([N]=Cc3cc(C(C)(C)CC)cc(C(C)(C)CC)c3O)[CH](c3ccccc3)[CH]2c2ccccc2)c(O)c(C(C)(C)CC)c1.Oc1ccc(Oc2ccccc2)cc1. The molecule has 0 amide bonds. The second kappa shape index (κ2) is 20.7. The van der Waals surface area contributed by atoms with Crippen LogP contribution in [-0.2, 0) is 34.7 Å². The number of phenolic OH excluding ortho intramolecular Hbond substituents is 3. The number of para-hydroxylation sites is 1. The van der Waals surface area contributed by atoms with Gasteiger partial charge in [0.2, 0.25) is 0 Å². The van der Waals surface area contributed by atoms with Gasteiger partial charge in [0, 0.05) is 0 Å². The molecule has 1 heterocycles. The molecule has 0 spiro atoms. The van der Waals surface area contributed by atoms with Crippen LogP contribution in [0.15, 0.2) is 148 Å². The number of rotatable bonds is 16. The van der Waals surface area contributed by atoms with Crippen LogP contribution in [-0.4, -0.2) is 27.7 Å². The Kier molecular flexibility index (Phi) is 15.7. The second-order valence-electron chi connectivity index (χ2n) is 20.3. The Labute approximate surface area is 404 Å². The normalized spacial score (nSPS) is 18.6. The van der Waals surface area contributed by atoms with Crippen molar-refractivity contribution < 1.29 is 33.1 Å². The van der Waals surface area contributed by atoms with E-state index in [1.54, 1.807) is 24.3 Å². The van der Waals surface area contributed by atoms with Gasteiger partial charge in [-0.3, -0.25) is 0 Å². The minimum atomic E-state index is -2.54. The van der Waals surface area contributed by atoms with Crippen LogP contribution in [0, 0.1) is 0 Å². The zero-order valence-corrected chi connectivity index (χ0v) is 42.9. The van der Waals surface area contributed by atoms with Gasteiger partial charge in [0.1, 0.15) is 17.2 Å². The zero-order valence-electron chi connectivity index (χ0n) is 41.9. The van der Waals surface area contributed by atoms with Gasteiger partial charge in [-0.2, -0.15) is 0 Å². The van der Waals surface area contributed by atoms with E-state index in [4.69, 9.17) is 17.9 Å². The summed E-state index contributed by atoms with van der Waals surface area (Å²) >= 11 is -2.54. The van der Waals surface area contributed by atoms with Crippen molar-refractivity contribution in [1.82, 2.24) is 0 Å². The van der Waals surface area contributed by atoms with Gasteiger partial charge < -0.3 is 9.84 Å². The quantitative estimate of drug-likeness (QED) is 0.0843. The van der Waals surface area contributed by atoms with Gasteiger partial charge in [-0.1, -0.05) is 18.2 Å². The van der Waals surface area contributed by atoms with Gasteiger partial charge in [-0.05, 0) is 36.4 Å². The minimum Gasteiger partial charge on any atom is -0.508 e. The number of benzene rings is 6. The van der Waals surface area contributed by atoms with Gasteiger partial charge in [-0.25, -0.2) is 0 Å². The summed E-state index contributed by atoms with van der Waals surface area (Å²) in [5, 5.41) is 33.0. The largest absolute Gasteiger partial charge is 0.508 e. The molecule has 7 heteroatoms. The van der Waals surface area contributed by atoms with E-state index in [0.717, 1.165) is 53.7 Å². The van der Waals surface area contributed by atoms with Crippen molar-refractivity contribution >= 4 is 12.4 Å². The maximum Gasteiger partial charge on any atom is 0.127 e. The number of phenols is 3. The summed E-state index contributed by atoms with van der Waals surface area (Å²) in [5.74, 6) is 2.34. The summed E-state index contributed by atoms with van der Waals surface area (Å²) in [6, 6.07) is 46.1. The Bertz CT molecular complexity index is 2490. The van der Waals surface area contributed by atoms with Crippen molar-refractivity contribution in [3.05, 3.63) is 184 Å². The summed E-state index contributed by atoms with van der Waals surface area (Å²) in [7, 11) is 0. The summed E-state index contributed by atoms with van der Waals surface area (Å²) in [4.78, 5) is 0.120. The molecular formula is C60H74CoN2O4. The second-order valence-corrected chi connectivity index (χ2v) is 23.8. The molecular weight excluding hydrogens is 872 g/mol. The minimum absolute atomic E-state index is 0.0599. The van der Waals surface area contributed by atoms with Gasteiger partial charge in [-0.15, -0.1) is 0 Å². The third-order valence-electron chi connectivity index (χ3n) is 14.3. The van der Waals surface area contributed by atoms with E-state index in [9.17, 15) is 10.2 Å². The molecule has 6 nitrogen and oxygen atoms in total. The summed E-state index contributed by atoms with van der Waals surface area (Å²) in [6.07, 6.45) is 7.59. The van der Waals surface area contributed by atoms with E-state index in [1.165, 1.54) is 22.3 Å². The number of hydrogen-bond donors (Lipinski definition) is 3. The first-order chi connectivity index (χ1) is 31.7. The smallest absolute Gasteiger partial charge is 0.127 e. The summed E-state index contributed by atoms with van der Waals surface area (Å²) in [5.41, 5.74) is 7.63. The van der Waals surface area contributed by atoms with Crippen LogP contribution in [0.4, 0.5) is 0 Å². The van der Waals surface area contributed by atoms with Crippen molar-refractivity contribution in [2.75, 3.05) is 0 Å². The van der Waals surface area contributed by atoms with E-state index < -0.39 is 13.0 Å². The van der Waals surface area contributed by atoms with E-state index >= 15 is 0 Å². The molecule has 6 aromatic rings. The molecule has 357 valence electrons. The van der Waals surface area contributed by atoms with Crippen molar-refractivity contribution in [3.8, 4) is 28.7 Å². The fourth-order valence-corrected chi connectivity index (χ4v) is 12.3. The molecule has 67 heavy (non-hydrogen) atoms. The van der Waals surface area contributed by atoms with Gasteiger partial charge in [0.05, 0.1) is 0 Å². The Morgan fingerprint density at radius 2 is 0.806 bits per heavy atom. The number of nitrogens with zero attached hydrogens (tertiary/aromatic N) is 2. The molecule has 2 atom stereocenters. The molecule has 0 aliphatic carbocycles. The van der Waals surface area contributed by atoms with Crippen LogP contribution < -0.4 is 4.74 Å². The van der Waals surface area contributed by atoms with Crippen LogP contribution in [0.25, 0.3) is 0 Å². The molecule has 6 aromatic carbocycles. The van der Waals surface area contributed by atoms with Crippen LogP contribution in [0.2, 0.25) is 0 Å². The molecule has 1 saturated heterocycles. The van der Waals surface area contributed by atoms with E-state index in [0.29, 0.717) is 17.2 Å². The maximum atomic E-state index is 12.0. The maximum absolute atomic E-state index is 12.0. The fourth-order valence-electron chi connectivity index (χ4n) is 7.85. The predicted molar refractivity (Wildman–Crippen MR) is 278 cm³/mol.